The Bertz CT molecular complexity index is 1150. The predicted molar refractivity (Wildman–Crippen MR) is 133 cm³/mol. The first kappa shape index (κ1) is 22.7. The van der Waals surface area contributed by atoms with Gasteiger partial charge in [0.15, 0.2) is 0 Å². The number of hydrogen-bond donors (Lipinski definition) is 1. The average Bonchev–Trinajstić information content (AvgIpc) is 3.24. The molecule has 1 N–H and O–H groups in total. The predicted octanol–water partition coefficient (Wildman–Crippen LogP) is 6.31. The molecule has 0 unspecified atom stereocenters. The third kappa shape index (κ3) is 5.13. The molecular formula is C24H22Cl3N3O2. The Hall–Kier alpha value is -2.44. The second-order valence-corrected chi connectivity index (χ2v) is 8.74. The molecule has 32 heavy (non-hydrogen) atoms. The standard InChI is InChI=1S/C24H22Cl3N3O2/c1-29-12-14-30(15-13-29)24-19(26)6-3-7-20(24)28-22(31)11-9-16-8-10-21(32-16)17-4-2-5-18(25)23(17)27/h2-11H,12-15H2,1H3,(H,28,31)/b11-9+. The molecular weight excluding hydrogens is 469 g/mol. The summed E-state index contributed by atoms with van der Waals surface area (Å²) in [5.74, 6) is 0.822. The fraction of sp³-hybridized carbons (Fsp3) is 0.208. The Kier molecular flexibility index (Phi) is 7.11. The molecule has 5 nitrogen and oxygen atoms in total. The van der Waals surface area contributed by atoms with Crippen molar-refractivity contribution < 1.29 is 9.21 Å². The number of rotatable bonds is 5. The van der Waals surface area contributed by atoms with E-state index in [1.807, 2.05) is 24.3 Å². The zero-order valence-corrected chi connectivity index (χ0v) is 19.7. The van der Waals surface area contributed by atoms with Crippen molar-refractivity contribution in [2.24, 2.45) is 0 Å². The lowest BCUT2D eigenvalue weighted by atomic mass is 10.2. The van der Waals surface area contributed by atoms with E-state index in [0.717, 1.165) is 31.9 Å². The number of amides is 1. The minimum absolute atomic E-state index is 0.276. The Morgan fingerprint density at radius 2 is 1.69 bits per heavy atom. The van der Waals surface area contributed by atoms with Crippen LogP contribution in [0.3, 0.4) is 0 Å². The number of para-hydroxylation sites is 1. The van der Waals surface area contributed by atoms with Crippen LogP contribution in [0.1, 0.15) is 5.76 Å². The lowest BCUT2D eigenvalue weighted by molar-refractivity contribution is -0.111. The largest absolute Gasteiger partial charge is 0.457 e. The number of anilines is 2. The van der Waals surface area contributed by atoms with Crippen molar-refractivity contribution in [1.29, 1.82) is 0 Å². The van der Waals surface area contributed by atoms with Gasteiger partial charge in [-0.25, -0.2) is 0 Å². The number of nitrogens with one attached hydrogen (secondary N) is 1. The molecule has 1 aromatic heterocycles. The van der Waals surface area contributed by atoms with Crippen LogP contribution in [0.2, 0.25) is 15.1 Å². The Morgan fingerprint density at radius 3 is 2.47 bits per heavy atom. The SMILES string of the molecule is CN1CCN(c2c(Cl)cccc2NC(=O)/C=C/c2ccc(-c3cccc(Cl)c3Cl)o2)CC1. The van der Waals surface area contributed by atoms with Gasteiger partial charge in [-0.15, -0.1) is 0 Å². The van der Waals surface area contributed by atoms with Crippen molar-refractivity contribution in [2.45, 2.75) is 0 Å². The molecule has 1 amide bonds. The zero-order valence-electron chi connectivity index (χ0n) is 17.4. The van der Waals surface area contributed by atoms with Crippen molar-refractivity contribution in [1.82, 2.24) is 4.90 Å². The highest BCUT2D eigenvalue weighted by atomic mass is 35.5. The molecule has 166 valence electrons. The Labute approximate surface area is 202 Å². The maximum atomic E-state index is 12.6. The maximum Gasteiger partial charge on any atom is 0.248 e. The molecule has 1 aliphatic heterocycles. The number of carbonyl (C=O) groups is 1. The summed E-state index contributed by atoms with van der Waals surface area (Å²) in [7, 11) is 2.10. The number of halogens is 3. The van der Waals surface area contributed by atoms with Crippen molar-refractivity contribution in [3.8, 4) is 11.3 Å². The van der Waals surface area contributed by atoms with Crippen LogP contribution in [0.4, 0.5) is 11.4 Å². The molecule has 1 aliphatic rings. The van der Waals surface area contributed by atoms with Gasteiger partial charge in [0.05, 0.1) is 26.4 Å². The minimum atomic E-state index is -0.276. The number of benzene rings is 2. The molecule has 0 saturated carbocycles. The average molecular weight is 491 g/mol. The molecule has 8 heteroatoms. The molecule has 4 rings (SSSR count). The second kappa shape index (κ2) is 10.0. The molecule has 2 heterocycles. The third-order valence-electron chi connectivity index (χ3n) is 5.31. The molecule has 3 aromatic rings. The summed E-state index contributed by atoms with van der Waals surface area (Å²) in [4.78, 5) is 17.1. The summed E-state index contributed by atoms with van der Waals surface area (Å²) in [6.07, 6.45) is 3.04. The van der Waals surface area contributed by atoms with Crippen LogP contribution in [0.15, 0.2) is 59.0 Å². The first-order valence-electron chi connectivity index (χ1n) is 10.2. The number of nitrogens with zero attached hydrogens (tertiary/aromatic N) is 2. The van der Waals surface area contributed by atoms with Gasteiger partial charge in [0, 0.05) is 37.8 Å². The van der Waals surface area contributed by atoms with Gasteiger partial charge < -0.3 is 19.5 Å². The van der Waals surface area contributed by atoms with Gasteiger partial charge >= 0.3 is 0 Å². The number of piperazine rings is 1. The lowest BCUT2D eigenvalue weighted by Crippen LogP contribution is -2.44. The molecule has 0 radical (unpaired) electrons. The monoisotopic (exact) mass is 489 g/mol. The summed E-state index contributed by atoms with van der Waals surface area (Å²) in [6.45, 7) is 3.58. The van der Waals surface area contributed by atoms with E-state index < -0.39 is 0 Å². The highest BCUT2D eigenvalue weighted by molar-refractivity contribution is 6.43. The molecule has 2 aromatic carbocycles. The first-order valence-corrected chi connectivity index (χ1v) is 11.3. The summed E-state index contributed by atoms with van der Waals surface area (Å²) in [6, 6.07) is 14.4. The van der Waals surface area contributed by atoms with Crippen LogP contribution >= 0.6 is 34.8 Å². The third-order valence-corrected chi connectivity index (χ3v) is 6.43. The van der Waals surface area contributed by atoms with Gasteiger partial charge in [-0.3, -0.25) is 4.79 Å². The zero-order chi connectivity index (χ0) is 22.7. The van der Waals surface area contributed by atoms with Crippen LogP contribution in [0.5, 0.6) is 0 Å². The van der Waals surface area contributed by atoms with Gasteiger partial charge in [0.25, 0.3) is 0 Å². The fourth-order valence-electron chi connectivity index (χ4n) is 3.58. The van der Waals surface area contributed by atoms with Crippen molar-refractivity contribution >= 4 is 58.2 Å². The number of carbonyl (C=O) groups excluding carboxylic acids is 1. The summed E-state index contributed by atoms with van der Waals surface area (Å²) < 4.78 is 5.81. The number of hydrogen-bond acceptors (Lipinski definition) is 4. The maximum absolute atomic E-state index is 12.6. The summed E-state index contributed by atoms with van der Waals surface area (Å²) >= 11 is 18.8. The van der Waals surface area contributed by atoms with Crippen LogP contribution < -0.4 is 10.2 Å². The van der Waals surface area contributed by atoms with Gasteiger partial charge in [-0.2, -0.15) is 0 Å². The van der Waals surface area contributed by atoms with E-state index >= 15 is 0 Å². The van der Waals surface area contributed by atoms with Crippen LogP contribution in [-0.4, -0.2) is 44.0 Å². The van der Waals surface area contributed by atoms with Crippen molar-refractivity contribution in [3.05, 3.63) is 75.4 Å². The quantitative estimate of drug-likeness (QED) is 0.426. The fourth-order valence-corrected chi connectivity index (χ4v) is 4.27. The first-order chi connectivity index (χ1) is 15.4. The smallest absolute Gasteiger partial charge is 0.248 e. The van der Waals surface area contributed by atoms with Crippen molar-refractivity contribution in [3.63, 3.8) is 0 Å². The summed E-state index contributed by atoms with van der Waals surface area (Å²) in [5, 5.41) is 4.43. The molecule has 0 atom stereocenters. The molecule has 1 fully saturated rings. The van der Waals surface area contributed by atoms with E-state index in [4.69, 9.17) is 39.2 Å². The molecule has 0 aliphatic carbocycles. The normalized spacial score (nSPS) is 14.8. The highest BCUT2D eigenvalue weighted by Crippen LogP contribution is 2.35. The summed E-state index contributed by atoms with van der Waals surface area (Å²) in [5.41, 5.74) is 2.22. The van der Waals surface area contributed by atoms with Crippen LogP contribution in [0, 0.1) is 0 Å². The highest BCUT2D eigenvalue weighted by Gasteiger charge is 2.20. The topological polar surface area (TPSA) is 48.7 Å². The minimum Gasteiger partial charge on any atom is -0.457 e. The molecule has 1 saturated heterocycles. The van der Waals surface area contributed by atoms with Crippen LogP contribution in [-0.2, 0) is 4.79 Å². The van der Waals surface area contributed by atoms with Crippen LogP contribution in [0.25, 0.3) is 17.4 Å². The van der Waals surface area contributed by atoms with E-state index in [0.29, 0.717) is 37.8 Å². The van der Waals surface area contributed by atoms with Crippen molar-refractivity contribution in [2.75, 3.05) is 43.4 Å². The van der Waals surface area contributed by atoms with Gasteiger partial charge in [-0.1, -0.05) is 46.9 Å². The Balaban J connectivity index is 1.47. The second-order valence-electron chi connectivity index (χ2n) is 7.55. The lowest BCUT2D eigenvalue weighted by Gasteiger charge is -2.35. The van der Waals surface area contributed by atoms with Gasteiger partial charge in [0.1, 0.15) is 11.5 Å². The molecule has 0 spiro atoms. The number of likely N-dealkylation sites (N-methyl/N-ethyl adjacent to an activating group) is 1. The van der Waals surface area contributed by atoms with E-state index in [-0.39, 0.29) is 5.91 Å². The number of furan rings is 1. The Morgan fingerprint density at radius 1 is 0.969 bits per heavy atom. The van der Waals surface area contributed by atoms with E-state index in [1.54, 1.807) is 30.3 Å². The van der Waals surface area contributed by atoms with E-state index in [1.165, 1.54) is 6.08 Å². The van der Waals surface area contributed by atoms with E-state index in [9.17, 15) is 4.79 Å². The van der Waals surface area contributed by atoms with Gasteiger partial charge in [-0.05, 0) is 49.5 Å². The van der Waals surface area contributed by atoms with E-state index in [2.05, 4.69) is 22.2 Å². The van der Waals surface area contributed by atoms with Gasteiger partial charge in [0.2, 0.25) is 5.91 Å². The molecule has 0 bridgehead atoms.